The smallest absolute Gasteiger partial charge is 0.119 e. The molecule has 0 bridgehead atoms. The number of nitrogens with zero attached hydrogens (tertiary/aromatic N) is 1. The molecule has 52 valence electrons. The highest BCUT2D eigenvalue weighted by Crippen LogP contribution is 2.39. The fraction of sp³-hybridized carbons (Fsp3) is 0.429. The number of aromatic amines is 1. The summed E-state index contributed by atoms with van der Waals surface area (Å²) < 4.78 is 0.740. The molecule has 1 aliphatic rings. The fourth-order valence-electron chi connectivity index (χ4n) is 1.03. The van der Waals surface area contributed by atoms with Gasteiger partial charge in [-0.25, -0.2) is 0 Å². The lowest BCUT2D eigenvalue weighted by molar-refractivity contribution is 0.966. The van der Waals surface area contributed by atoms with Gasteiger partial charge in [-0.05, 0) is 30.4 Å². The Morgan fingerprint density at radius 3 is 3.00 bits per heavy atom. The molecule has 0 amide bonds. The van der Waals surface area contributed by atoms with Crippen molar-refractivity contribution in [2.75, 3.05) is 0 Å². The van der Waals surface area contributed by atoms with Crippen LogP contribution in [0.25, 0.3) is 0 Å². The van der Waals surface area contributed by atoms with Crippen LogP contribution in [0.1, 0.15) is 24.3 Å². The van der Waals surface area contributed by atoms with E-state index in [1.807, 2.05) is 12.3 Å². The second-order valence-electron chi connectivity index (χ2n) is 2.65. The average molecular weight is 152 g/mol. The molecule has 2 rings (SSSR count). The molecule has 1 N–H and O–H groups in total. The molecule has 1 aromatic rings. The van der Waals surface area contributed by atoms with E-state index in [0.29, 0.717) is 0 Å². The third kappa shape index (κ3) is 1.09. The van der Waals surface area contributed by atoms with Gasteiger partial charge in [-0.1, -0.05) is 12.2 Å². The lowest BCUT2D eigenvalue weighted by atomic mass is 10.2. The van der Waals surface area contributed by atoms with E-state index in [4.69, 9.17) is 12.2 Å². The maximum atomic E-state index is 4.93. The summed E-state index contributed by atoms with van der Waals surface area (Å²) in [6.45, 7) is 0. The van der Waals surface area contributed by atoms with Crippen LogP contribution < -0.4 is 0 Å². The molecule has 0 spiro atoms. The highest BCUT2D eigenvalue weighted by atomic mass is 32.1. The maximum Gasteiger partial charge on any atom is 0.119 e. The first-order valence-corrected chi connectivity index (χ1v) is 3.82. The normalized spacial score (nSPS) is 17.2. The third-order valence-electron chi connectivity index (χ3n) is 1.73. The minimum atomic E-state index is 0.740. The van der Waals surface area contributed by atoms with E-state index in [2.05, 4.69) is 10.2 Å². The van der Waals surface area contributed by atoms with Gasteiger partial charge in [0.15, 0.2) is 0 Å². The van der Waals surface area contributed by atoms with Gasteiger partial charge in [0, 0.05) is 0 Å². The molecule has 0 aromatic carbocycles. The van der Waals surface area contributed by atoms with E-state index in [0.717, 1.165) is 10.6 Å². The SMILES string of the molecule is S=c1cc(C2CC2)cn[nH]1. The first-order chi connectivity index (χ1) is 4.86. The van der Waals surface area contributed by atoms with Gasteiger partial charge in [0.1, 0.15) is 4.64 Å². The first-order valence-electron chi connectivity index (χ1n) is 3.41. The molecular formula is C7H8N2S. The predicted octanol–water partition coefficient (Wildman–Crippen LogP) is 2.02. The molecule has 1 saturated carbocycles. The van der Waals surface area contributed by atoms with Crippen molar-refractivity contribution in [2.45, 2.75) is 18.8 Å². The van der Waals surface area contributed by atoms with Crippen LogP contribution in [-0.2, 0) is 0 Å². The second kappa shape index (κ2) is 2.16. The van der Waals surface area contributed by atoms with Crippen molar-refractivity contribution in [3.8, 4) is 0 Å². The van der Waals surface area contributed by atoms with Crippen molar-refractivity contribution in [1.29, 1.82) is 0 Å². The van der Waals surface area contributed by atoms with Crippen LogP contribution in [0.3, 0.4) is 0 Å². The Bertz CT molecular complexity index is 288. The largest absolute Gasteiger partial charge is 0.268 e. The van der Waals surface area contributed by atoms with Gasteiger partial charge < -0.3 is 0 Å². The number of hydrogen-bond acceptors (Lipinski definition) is 2. The molecule has 2 nitrogen and oxygen atoms in total. The predicted molar refractivity (Wildman–Crippen MR) is 41.4 cm³/mol. The fourth-order valence-corrected chi connectivity index (χ4v) is 1.22. The summed E-state index contributed by atoms with van der Waals surface area (Å²) >= 11 is 4.93. The summed E-state index contributed by atoms with van der Waals surface area (Å²) in [5, 5.41) is 6.64. The van der Waals surface area contributed by atoms with Gasteiger partial charge in [-0.2, -0.15) is 5.10 Å². The lowest BCUT2D eigenvalue weighted by Gasteiger charge is -1.92. The lowest BCUT2D eigenvalue weighted by Crippen LogP contribution is -1.84. The highest BCUT2D eigenvalue weighted by Gasteiger charge is 2.23. The molecule has 1 fully saturated rings. The maximum absolute atomic E-state index is 4.93. The van der Waals surface area contributed by atoms with Crippen molar-refractivity contribution < 1.29 is 0 Å². The number of H-pyrrole nitrogens is 1. The van der Waals surface area contributed by atoms with E-state index in [-0.39, 0.29) is 0 Å². The standard InChI is InChI=1S/C7H8N2S/c10-7-3-6(4-8-9-7)5-1-2-5/h3-5H,1-2H2,(H,9,10). The minimum Gasteiger partial charge on any atom is -0.268 e. The molecule has 1 aromatic heterocycles. The number of nitrogens with one attached hydrogen (secondary N) is 1. The average Bonchev–Trinajstić information content (AvgIpc) is 2.68. The molecule has 0 aliphatic heterocycles. The summed E-state index contributed by atoms with van der Waals surface area (Å²) in [5.41, 5.74) is 1.30. The Labute approximate surface area is 64.3 Å². The molecule has 1 heterocycles. The Morgan fingerprint density at radius 2 is 2.40 bits per heavy atom. The van der Waals surface area contributed by atoms with Crippen molar-refractivity contribution in [3.63, 3.8) is 0 Å². The summed E-state index contributed by atoms with van der Waals surface area (Å²) in [6.07, 6.45) is 4.48. The van der Waals surface area contributed by atoms with Crippen LogP contribution in [0.2, 0.25) is 0 Å². The Balaban J connectivity index is 2.41. The van der Waals surface area contributed by atoms with E-state index >= 15 is 0 Å². The van der Waals surface area contributed by atoms with Crippen LogP contribution in [0.5, 0.6) is 0 Å². The molecular weight excluding hydrogens is 144 g/mol. The highest BCUT2D eigenvalue weighted by molar-refractivity contribution is 7.71. The second-order valence-corrected chi connectivity index (χ2v) is 3.09. The molecule has 1 aliphatic carbocycles. The molecule has 3 heteroatoms. The summed E-state index contributed by atoms with van der Waals surface area (Å²) in [7, 11) is 0. The summed E-state index contributed by atoms with van der Waals surface area (Å²) in [4.78, 5) is 0. The van der Waals surface area contributed by atoms with Crippen LogP contribution in [0, 0.1) is 4.64 Å². The summed E-state index contributed by atoms with van der Waals surface area (Å²) in [6, 6.07) is 2.00. The van der Waals surface area contributed by atoms with Crippen molar-refractivity contribution in [3.05, 3.63) is 22.5 Å². The van der Waals surface area contributed by atoms with E-state index in [1.54, 1.807) is 0 Å². The number of hydrogen-bond donors (Lipinski definition) is 1. The quantitative estimate of drug-likeness (QED) is 0.624. The Morgan fingerprint density at radius 1 is 1.60 bits per heavy atom. The Hall–Kier alpha value is -0.700. The third-order valence-corrected chi connectivity index (χ3v) is 1.94. The van der Waals surface area contributed by atoms with E-state index in [9.17, 15) is 0 Å². The van der Waals surface area contributed by atoms with E-state index in [1.165, 1.54) is 18.4 Å². The summed E-state index contributed by atoms with van der Waals surface area (Å²) in [5.74, 6) is 0.754. The van der Waals surface area contributed by atoms with Gasteiger partial charge in [0.25, 0.3) is 0 Å². The molecule has 0 saturated heterocycles. The van der Waals surface area contributed by atoms with Gasteiger partial charge in [0.05, 0.1) is 6.20 Å². The zero-order chi connectivity index (χ0) is 6.97. The topological polar surface area (TPSA) is 28.7 Å². The van der Waals surface area contributed by atoms with E-state index < -0.39 is 0 Å². The first kappa shape index (κ1) is 6.04. The zero-order valence-corrected chi connectivity index (χ0v) is 6.32. The van der Waals surface area contributed by atoms with Crippen LogP contribution in [0.15, 0.2) is 12.3 Å². The zero-order valence-electron chi connectivity index (χ0n) is 5.50. The van der Waals surface area contributed by atoms with Crippen LogP contribution >= 0.6 is 12.2 Å². The van der Waals surface area contributed by atoms with Gasteiger partial charge in [-0.3, -0.25) is 5.10 Å². The van der Waals surface area contributed by atoms with Crippen molar-refractivity contribution in [1.82, 2.24) is 10.2 Å². The monoisotopic (exact) mass is 152 g/mol. The van der Waals surface area contributed by atoms with Crippen LogP contribution in [0.4, 0.5) is 0 Å². The molecule has 0 atom stereocenters. The molecule has 0 radical (unpaired) electrons. The molecule has 0 unspecified atom stereocenters. The van der Waals surface area contributed by atoms with Gasteiger partial charge in [0.2, 0.25) is 0 Å². The number of aromatic nitrogens is 2. The van der Waals surface area contributed by atoms with Crippen LogP contribution in [-0.4, -0.2) is 10.2 Å². The van der Waals surface area contributed by atoms with Gasteiger partial charge >= 0.3 is 0 Å². The number of rotatable bonds is 1. The van der Waals surface area contributed by atoms with Crippen molar-refractivity contribution in [2.24, 2.45) is 0 Å². The Kier molecular flexibility index (Phi) is 1.31. The van der Waals surface area contributed by atoms with Crippen molar-refractivity contribution >= 4 is 12.2 Å². The molecule has 10 heavy (non-hydrogen) atoms. The van der Waals surface area contributed by atoms with Gasteiger partial charge in [-0.15, -0.1) is 0 Å². The minimum absolute atomic E-state index is 0.740.